The van der Waals surface area contributed by atoms with Gasteiger partial charge in [-0.05, 0) is 13.8 Å². The topological polar surface area (TPSA) is 72.8 Å². The molecule has 1 aliphatic heterocycles. The predicted molar refractivity (Wildman–Crippen MR) is 74.1 cm³/mol. The van der Waals surface area contributed by atoms with Crippen LogP contribution in [0.25, 0.3) is 0 Å². The average molecular weight is 288 g/mol. The Morgan fingerprint density at radius 1 is 1.14 bits per heavy atom. The minimum atomic E-state index is -1.04. The van der Waals surface area contributed by atoms with Crippen molar-refractivity contribution < 1.29 is 24.2 Å². The van der Waals surface area contributed by atoms with Crippen LogP contribution in [-0.2, 0) is 9.47 Å². The lowest BCUT2D eigenvalue weighted by Crippen LogP contribution is -2.54. The number of carbonyl (C=O) groups excluding carboxylic acids is 2. The molecule has 5 heteroatoms. The lowest BCUT2D eigenvalue weighted by molar-refractivity contribution is -0.133. The smallest absolute Gasteiger partial charge is 0.228 e. The molecule has 1 heterocycles. The third-order valence-corrected chi connectivity index (χ3v) is 4.01. The van der Waals surface area contributed by atoms with Crippen LogP contribution >= 0.6 is 0 Å². The Morgan fingerprint density at radius 2 is 1.71 bits per heavy atom. The Hall–Kier alpha value is -1.98. The summed E-state index contributed by atoms with van der Waals surface area (Å²) in [5.41, 5.74) is -0.267. The van der Waals surface area contributed by atoms with Crippen LogP contribution in [0.1, 0.15) is 34.6 Å². The summed E-state index contributed by atoms with van der Waals surface area (Å²) in [6, 6.07) is 6.59. The van der Waals surface area contributed by atoms with Gasteiger partial charge >= 0.3 is 0 Å². The molecule has 0 saturated heterocycles. The summed E-state index contributed by atoms with van der Waals surface area (Å²) < 4.78 is 10.9. The first-order valence-corrected chi connectivity index (χ1v) is 6.71. The number of ketones is 2. The van der Waals surface area contributed by atoms with E-state index in [2.05, 4.69) is 0 Å². The summed E-state index contributed by atoms with van der Waals surface area (Å²) in [5.74, 6) is -0.690. The van der Waals surface area contributed by atoms with Crippen LogP contribution in [0.2, 0.25) is 0 Å². The van der Waals surface area contributed by atoms with Crippen molar-refractivity contribution in [3.63, 3.8) is 0 Å². The Labute approximate surface area is 122 Å². The number of hydrogen-bond acceptors (Lipinski definition) is 5. The zero-order valence-electron chi connectivity index (χ0n) is 12.0. The van der Waals surface area contributed by atoms with Gasteiger partial charge in [-0.3, -0.25) is 9.59 Å². The fourth-order valence-electron chi connectivity index (χ4n) is 2.82. The van der Waals surface area contributed by atoms with Gasteiger partial charge in [0.15, 0.2) is 11.5 Å². The van der Waals surface area contributed by atoms with E-state index in [1.807, 2.05) is 0 Å². The molecule has 5 nitrogen and oxygen atoms in total. The van der Waals surface area contributed by atoms with Crippen LogP contribution < -0.4 is 0 Å². The average Bonchev–Trinajstić information content (AvgIpc) is 2.46. The second-order valence-corrected chi connectivity index (χ2v) is 5.75. The summed E-state index contributed by atoms with van der Waals surface area (Å²) >= 11 is 0. The number of hydrogen-bond donors (Lipinski definition) is 1. The maximum Gasteiger partial charge on any atom is 0.228 e. The monoisotopic (exact) mass is 288 g/mol. The van der Waals surface area contributed by atoms with Crippen molar-refractivity contribution in [2.75, 3.05) is 7.11 Å². The number of carbonyl (C=O) groups is 2. The number of methoxy groups -OCH3 is 1. The second kappa shape index (κ2) is 4.51. The number of ether oxygens (including phenoxy) is 2. The van der Waals surface area contributed by atoms with E-state index in [1.54, 1.807) is 38.1 Å². The minimum Gasteiger partial charge on any atom is -0.480 e. The Morgan fingerprint density at radius 3 is 2.29 bits per heavy atom. The first kappa shape index (κ1) is 14.0. The van der Waals surface area contributed by atoms with Gasteiger partial charge in [-0.15, -0.1) is 0 Å². The Balaban J connectivity index is 2.22. The van der Waals surface area contributed by atoms with Crippen LogP contribution in [0, 0.1) is 0 Å². The number of allylic oxidation sites excluding steroid dienone is 1. The molecular weight excluding hydrogens is 272 g/mol. The maximum absolute atomic E-state index is 12.6. The van der Waals surface area contributed by atoms with E-state index >= 15 is 0 Å². The highest BCUT2D eigenvalue weighted by Crippen LogP contribution is 2.39. The van der Waals surface area contributed by atoms with Crippen molar-refractivity contribution in [2.24, 2.45) is 0 Å². The molecular formula is C16H16O5. The van der Waals surface area contributed by atoms with E-state index in [0.717, 1.165) is 0 Å². The van der Waals surface area contributed by atoms with E-state index < -0.39 is 17.8 Å². The molecule has 21 heavy (non-hydrogen) atoms. The van der Waals surface area contributed by atoms with Crippen LogP contribution in [0.15, 0.2) is 35.6 Å². The van der Waals surface area contributed by atoms with E-state index in [9.17, 15) is 14.7 Å². The minimum absolute atomic E-state index is 0.0131. The molecule has 0 radical (unpaired) electrons. The first-order valence-electron chi connectivity index (χ1n) is 6.71. The summed E-state index contributed by atoms with van der Waals surface area (Å²) in [7, 11) is 1.40. The molecule has 1 aliphatic carbocycles. The Bertz CT molecular complexity index is 671. The highest BCUT2D eigenvalue weighted by molar-refractivity contribution is 6.26. The summed E-state index contributed by atoms with van der Waals surface area (Å²) in [5, 5.41) is 10.3. The zero-order chi connectivity index (χ0) is 15.4. The van der Waals surface area contributed by atoms with Crippen molar-refractivity contribution in [3.05, 3.63) is 46.7 Å². The molecule has 0 unspecified atom stereocenters. The largest absolute Gasteiger partial charge is 0.480 e. The molecule has 0 spiro atoms. The fourth-order valence-corrected chi connectivity index (χ4v) is 2.82. The van der Waals surface area contributed by atoms with Crippen LogP contribution in [0.3, 0.4) is 0 Å². The van der Waals surface area contributed by atoms with E-state index in [1.165, 1.54) is 7.11 Å². The van der Waals surface area contributed by atoms with Crippen LogP contribution in [0.4, 0.5) is 0 Å². The number of rotatable bonds is 1. The summed E-state index contributed by atoms with van der Waals surface area (Å²) in [4.78, 5) is 25.2. The number of Topliss-reactive ketones (excluding diaryl/α,β-unsaturated/α-hetero) is 2. The van der Waals surface area contributed by atoms with Crippen molar-refractivity contribution in [1.29, 1.82) is 0 Å². The highest BCUT2D eigenvalue weighted by atomic mass is 16.5. The lowest BCUT2D eigenvalue weighted by Gasteiger charge is -2.43. The van der Waals surface area contributed by atoms with Gasteiger partial charge in [0.25, 0.3) is 0 Å². The van der Waals surface area contributed by atoms with Gasteiger partial charge in [0.05, 0.1) is 5.57 Å². The van der Waals surface area contributed by atoms with Crippen molar-refractivity contribution in [1.82, 2.24) is 0 Å². The molecule has 0 saturated carbocycles. The molecule has 2 atom stereocenters. The molecule has 3 rings (SSSR count). The molecule has 0 aromatic heterocycles. The maximum atomic E-state index is 12.6. The van der Waals surface area contributed by atoms with E-state index in [4.69, 9.17) is 9.47 Å². The molecule has 0 fully saturated rings. The van der Waals surface area contributed by atoms with Gasteiger partial charge in [0.1, 0.15) is 17.8 Å². The molecule has 1 N–H and O–H groups in total. The van der Waals surface area contributed by atoms with Crippen LogP contribution in [-0.4, -0.2) is 41.6 Å². The molecule has 0 bridgehead atoms. The third-order valence-electron chi connectivity index (χ3n) is 4.01. The standard InChI is InChI=1S/C16H16O5/c1-16(2)15(19)14(20-3)10-11(17)8-6-4-5-7-9(8)12(18)13(10)21-16/h4-7,14-15,19H,1-3H3/t14-,15+/m0/s1. The summed E-state index contributed by atoms with van der Waals surface area (Å²) in [6.45, 7) is 3.32. The van der Waals surface area contributed by atoms with Gasteiger partial charge in [0, 0.05) is 18.2 Å². The quantitative estimate of drug-likeness (QED) is 0.848. The lowest BCUT2D eigenvalue weighted by atomic mass is 9.79. The van der Waals surface area contributed by atoms with Gasteiger partial charge in [0.2, 0.25) is 5.78 Å². The van der Waals surface area contributed by atoms with E-state index in [-0.39, 0.29) is 22.9 Å². The first-order chi connectivity index (χ1) is 9.88. The number of aliphatic hydroxyl groups excluding tert-OH is 1. The van der Waals surface area contributed by atoms with Crippen molar-refractivity contribution in [2.45, 2.75) is 31.7 Å². The molecule has 1 aromatic rings. The molecule has 110 valence electrons. The van der Waals surface area contributed by atoms with Gasteiger partial charge < -0.3 is 14.6 Å². The SMILES string of the molecule is CO[C@H]1C2=C(OC(C)(C)[C@@H]1O)C(=O)c1ccccc1C2=O. The van der Waals surface area contributed by atoms with Gasteiger partial charge in [-0.2, -0.15) is 0 Å². The third kappa shape index (κ3) is 1.85. The number of aliphatic hydroxyl groups is 1. The van der Waals surface area contributed by atoms with Crippen LogP contribution in [0.5, 0.6) is 0 Å². The normalized spacial score (nSPS) is 27.0. The fraction of sp³-hybridized carbons (Fsp3) is 0.375. The van der Waals surface area contributed by atoms with Gasteiger partial charge in [-0.25, -0.2) is 0 Å². The predicted octanol–water partition coefficient (Wildman–Crippen LogP) is 1.50. The van der Waals surface area contributed by atoms with Gasteiger partial charge in [-0.1, -0.05) is 24.3 Å². The Kier molecular flexibility index (Phi) is 3.00. The number of fused-ring (bicyclic) bond motifs is 1. The van der Waals surface area contributed by atoms with E-state index in [0.29, 0.717) is 11.1 Å². The molecule has 1 aromatic carbocycles. The molecule has 0 amide bonds. The molecule has 2 aliphatic rings. The summed E-state index contributed by atoms with van der Waals surface area (Å²) in [6.07, 6.45) is -1.92. The second-order valence-electron chi connectivity index (χ2n) is 5.75. The van der Waals surface area contributed by atoms with Crippen molar-refractivity contribution in [3.8, 4) is 0 Å². The zero-order valence-corrected chi connectivity index (χ0v) is 12.0. The highest BCUT2D eigenvalue weighted by Gasteiger charge is 2.50. The number of benzene rings is 1. The van der Waals surface area contributed by atoms with Crippen molar-refractivity contribution >= 4 is 11.6 Å².